The zero-order valence-corrected chi connectivity index (χ0v) is 25.4. The number of furan rings is 1. The maximum absolute atomic E-state index is 6.58. The van der Waals surface area contributed by atoms with Gasteiger partial charge in [-0.2, -0.15) is 0 Å². The van der Waals surface area contributed by atoms with Gasteiger partial charge in [-0.15, -0.1) is 0 Å². The van der Waals surface area contributed by atoms with Gasteiger partial charge in [0.15, 0.2) is 5.58 Å². The molecule has 0 amide bonds. The van der Waals surface area contributed by atoms with E-state index in [1.165, 1.54) is 0 Å². The molecule has 0 radical (unpaired) electrons. The van der Waals surface area contributed by atoms with E-state index in [1.54, 1.807) is 0 Å². The summed E-state index contributed by atoms with van der Waals surface area (Å²) in [6.45, 7) is 0. The van der Waals surface area contributed by atoms with Crippen LogP contribution in [0.1, 0.15) is 0 Å². The van der Waals surface area contributed by atoms with Crippen LogP contribution >= 0.6 is 0 Å². The highest BCUT2D eigenvalue weighted by Gasteiger charge is 2.22. The van der Waals surface area contributed by atoms with Gasteiger partial charge in [-0.05, 0) is 59.7 Å². The monoisotopic (exact) mass is 604 g/mol. The fraction of sp³-hybridized carbons (Fsp3) is 0. The molecule has 0 aliphatic heterocycles. The molecule has 9 aromatic rings. The SMILES string of the molecule is c1ccc(-c2ccccc2N(c2ccc3c(c2)oc2cccc(-c4nc5ccccc5o4)c23)c2ccccc2-c2ccccc2)cc1. The minimum Gasteiger partial charge on any atom is -0.456 e. The van der Waals surface area contributed by atoms with Gasteiger partial charge in [0.1, 0.15) is 16.7 Å². The Morgan fingerprint density at radius 2 is 1.00 bits per heavy atom. The van der Waals surface area contributed by atoms with Crippen LogP contribution in [0.5, 0.6) is 0 Å². The molecule has 0 aliphatic rings. The van der Waals surface area contributed by atoms with Crippen molar-refractivity contribution in [2.45, 2.75) is 0 Å². The number of aromatic nitrogens is 1. The van der Waals surface area contributed by atoms with Gasteiger partial charge in [-0.25, -0.2) is 4.98 Å². The van der Waals surface area contributed by atoms with E-state index in [2.05, 4.69) is 138 Å². The number of oxazole rings is 1. The lowest BCUT2D eigenvalue weighted by Gasteiger charge is -2.29. The number of benzene rings is 7. The van der Waals surface area contributed by atoms with E-state index in [0.717, 1.165) is 77.9 Å². The van der Waals surface area contributed by atoms with Crippen LogP contribution < -0.4 is 4.90 Å². The Morgan fingerprint density at radius 3 is 1.68 bits per heavy atom. The molecule has 4 heteroatoms. The first-order valence-electron chi connectivity index (χ1n) is 15.7. The number of anilines is 3. The molecule has 0 spiro atoms. The van der Waals surface area contributed by atoms with E-state index < -0.39 is 0 Å². The lowest BCUT2D eigenvalue weighted by atomic mass is 9.98. The molecule has 2 aromatic heterocycles. The summed E-state index contributed by atoms with van der Waals surface area (Å²) in [5.41, 5.74) is 11.8. The van der Waals surface area contributed by atoms with Gasteiger partial charge in [0.05, 0.1) is 11.4 Å². The highest BCUT2D eigenvalue weighted by Crippen LogP contribution is 2.46. The minimum atomic E-state index is 0.582. The summed E-state index contributed by atoms with van der Waals surface area (Å²) in [6, 6.07) is 58.7. The molecule has 0 N–H and O–H groups in total. The number of para-hydroxylation sites is 4. The lowest BCUT2D eigenvalue weighted by Crippen LogP contribution is -2.12. The van der Waals surface area contributed by atoms with Crippen LogP contribution in [0.2, 0.25) is 0 Å². The predicted molar refractivity (Wildman–Crippen MR) is 192 cm³/mol. The minimum absolute atomic E-state index is 0.582. The van der Waals surface area contributed by atoms with Gasteiger partial charge in [-0.1, -0.05) is 115 Å². The van der Waals surface area contributed by atoms with Crippen LogP contribution in [-0.2, 0) is 0 Å². The third kappa shape index (κ3) is 4.66. The quantitative estimate of drug-likeness (QED) is 0.189. The van der Waals surface area contributed by atoms with Crippen molar-refractivity contribution in [3.8, 4) is 33.7 Å². The Hall–Kier alpha value is -6.39. The third-order valence-electron chi connectivity index (χ3n) is 8.72. The van der Waals surface area contributed by atoms with Gasteiger partial charge in [0, 0.05) is 39.2 Å². The molecule has 0 atom stereocenters. The van der Waals surface area contributed by atoms with Crippen molar-refractivity contribution in [1.29, 1.82) is 0 Å². The number of nitrogens with zero attached hydrogens (tertiary/aromatic N) is 2. The summed E-state index contributed by atoms with van der Waals surface area (Å²) in [5, 5.41) is 2.00. The van der Waals surface area contributed by atoms with Gasteiger partial charge < -0.3 is 13.7 Å². The fourth-order valence-electron chi connectivity index (χ4n) is 6.59. The van der Waals surface area contributed by atoms with Gasteiger partial charge in [0.2, 0.25) is 5.89 Å². The predicted octanol–water partition coefficient (Wildman–Crippen LogP) is 12.2. The molecule has 47 heavy (non-hydrogen) atoms. The van der Waals surface area contributed by atoms with Gasteiger partial charge in [0.25, 0.3) is 0 Å². The second-order valence-electron chi connectivity index (χ2n) is 11.5. The van der Waals surface area contributed by atoms with E-state index in [1.807, 2.05) is 36.4 Å². The van der Waals surface area contributed by atoms with Crippen LogP contribution in [0.4, 0.5) is 17.1 Å². The zero-order chi connectivity index (χ0) is 31.2. The first kappa shape index (κ1) is 27.0. The van der Waals surface area contributed by atoms with Crippen LogP contribution in [-0.4, -0.2) is 4.98 Å². The molecule has 0 unspecified atom stereocenters. The Kier molecular flexibility index (Phi) is 6.43. The summed E-state index contributed by atoms with van der Waals surface area (Å²) < 4.78 is 12.8. The molecule has 4 nitrogen and oxygen atoms in total. The average molecular weight is 605 g/mol. The molecular weight excluding hydrogens is 576 g/mol. The lowest BCUT2D eigenvalue weighted by molar-refractivity contribution is 0.620. The van der Waals surface area contributed by atoms with E-state index in [9.17, 15) is 0 Å². The molecular formula is C43H28N2O2. The Balaban J connectivity index is 1.27. The average Bonchev–Trinajstić information content (AvgIpc) is 3.75. The summed E-state index contributed by atoms with van der Waals surface area (Å²) in [7, 11) is 0. The zero-order valence-electron chi connectivity index (χ0n) is 25.4. The van der Waals surface area contributed by atoms with Crippen molar-refractivity contribution in [2.24, 2.45) is 0 Å². The smallest absolute Gasteiger partial charge is 0.228 e. The van der Waals surface area contributed by atoms with Crippen molar-refractivity contribution in [3.05, 3.63) is 170 Å². The second kappa shape index (κ2) is 11.2. The van der Waals surface area contributed by atoms with Gasteiger partial charge in [-0.3, -0.25) is 0 Å². The number of hydrogen-bond acceptors (Lipinski definition) is 4. The summed E-state index contributed by atoms with van der Waals surface area (Å²) >= 11 is 0. The van der Waals surface area contributed by atoms with Crippen molar-refractivity contribution in [1.82, 2.24) is 4.98 Å². The topological polar surface area (TPSA) is 42.4 Å². The van der Waals surface area contributed by atoms with Crippen molar-refractivity contribution < 1.29 is 8.83 Å². The van der Waals surface area contributed by atoms with E-state index in [4.69, 9.17) is 13.8 Å². The highest BCUT2D eigenvalue weighted by molar-refractivity contribution is 6.13. The second-order valence-corrected chi connectivity index (χ2v) is 11.5. The molecule has 0 saturated heterocycles. The third-order valence-corrected chi connectivity index (χ3v) is 8.72. The van der Waals surface area contributed by atoms with Crippen molar-refractivity contribution in [3.63, 3.8) is 0 Å². The summed E-state index contributed by atoms with van der Waals surface area (Å²) in [4.78, 5) is 7.15. The highest BCUT2D eigenvalue weighted by atomic mass is 16.3. The van der Waals surface area contributed by atoms with Crippen LogP contribution in [0.15, 0.2) is 179 Å². The maximum Gasteiger partial charge on any atom is 0.228 e. The van der Waals surface area contributed by atoms with Crippen LogP contribution in [0.3, 0.4) is 0 Å². The largest absolute Gasteiger partial charge is 0.456 e. The van der Waals surface area contributed by atoms with E-state index >= 15 is 0 Å². The fourth-order valence-corrected chi connectivity index (χ4v) is 6.59. The first-order valence-corrected chi connectivity index (χ1v) is 15.7. The maximum atomic E-state index is 6.58. The number of hydrogen-bond donors (Lipinski definition) is 0. The molecule has 0 bridgehead atoms. The molecule has 222 valence electrons. The normalized spacial score (nSPS) is 11.4. The first-order chi connectivity index (χ1) is 23.3. The standard InChI is InChI=1S/C43H28N2O2/c1-3-14-29(15-4-1)32-18-7-10-22-37(32)45(38-23-11-8-19-33(38)30-16-5-2-6-17-30)31-26-27-34-41(28-31)46-40-25-13-20-35(42(34)40)43-44-36-21-9-12-24-39(36)47-43/h1-28H. The molecule has 9 rings (SSSR count). The van der Waals surface area contributed by atoms with Crippen molar-refractivity contribution in [2.75, 3.05) is 4.90 Å². The Bertz CT molecular complexity index is 2410. The van der Waals surface area contributed by atoms with Crippen molar-refractivity contribution >= 4 is 50.1 Å². The van der Waals surface area contributed by atoms with E-state index in [0.29, 0.717) is 5.89 Å². The van der Waals surface area contributed by atoms with Crippen LogP contribution in [0, 0.1) is 0 Å². The molecule has 2 heterocycles. The van der Waals surface area contributed by atoms with E-state index in [-0.39, 0.29) is 0 Å². The van der Waals surface area contributed by atoms with Gasteiger partial charge >= 0.3 is 0 Å². The number of fused-ring (bicyclic) bond motifs is 4. The molecule has 0 saturated carbocycles. The Morgan fingerprint density at radius 1 is 0.426 bits per heavy atom. The summed E-state index contributed by atoms with van der Waals surface area (Å²) in [6.07, 6.45) is 0. The van der Waals surface area contributed by atoms with Crippen LogP contribution in [0.25, 0.3) is 66.7 Å². The molecule has 0 aliphatic carbocycles. The molecule has 7 aromatic carbocycles. The number of rotatable bonds is 6. The Labute approximate surface area is 271 Å². The summed E-state index contributed by atoms with van der Waals surface area (Å²) in [5.74, 6) is 0.582. The molecule has 0 fully saturated rings.